The van der Waals surface area contributed by atoms with E-state index in [0.29, 0.717) is 22.9 Å². The summed E-state index contributed by atoms with van der Waals surface area (Å²) in [6.07, 6.45) is 3.34. The van der Waals surface area contributed by atoms with E-state index in [1.165, 1.54) is 0 Å². The van der Waals surface area contributed by atoms with Crippen LogP contribution in [0, 0.1) is 0 Å². The van der Waals surface area contributed by atoms with Crippen LogP contribution in [-0.4, -0.2) is 16.2 Å². The summed E-state index contributed by atoms with van der Waals surface area (Å²) in [5, 5.41) is 8.29. The molecular formula is C15H17ClN2O3. The summed E-state index contributed by atoms with van der Waals surface area (Å²) >= 11 is 6.05. The topological polar surface area (TPSA) is 65.2 Å². The van der Waals surface area contributed by atoms with Gasteiger partial charge in [-0.2, -0.15) is 0 Å². The number of hydrogen-bond acceptors (Lipinski definition) is 5. The lowest BCUT2D eigenvalue weighted by Crippen LogP contribution is -2.04. The number of carbonyl (C=O) groups excluding carboxylic acids is 1. The molecule has 0 saturated heterocycles. The number of rotatable bonds is 7. The highest BCUT2D eigenvalue weighted by Crippen LogP contribution is 2.26. The van der Waals surface area contributed by atoms with E-state index in [4.69, 9.17) is 20.8 Å². The van der Waals surface area contributed by atoms with Crippen molar-refractivity contribution in [1.82, 2.24) is 10.2 Å². The van der Waals surface area contributed by atoms with Crippen molar-refractivity contribution in [2.75, 3.05) is 0 Å². The third-order valence-corrected chi connectivity index (χ3v) is 3.24. The molecule has 0 aliphatic carbocycles. The number of ether oxygens (including phenoxy) is 1. The number of esters is 1. The van der Waals surface area contributed by atoms with Gasteiger partial charge in [-0.15, -0.1) is 10.2 Å². The van der Waals surface area contributed by atoms with Gasteiger partial charge in [-0.3, -0.25) is 4.79 Å². The van der Waals surface area contributed by atoms with Gasteiger partial charge < -0.3 is 9.15 Å². The summed E-state index contributed by atoms with van der Waals surface area (Å²) in [6.45, 7) is 2.07. The molecule has 21 heavy (non-hydrogen) atoms. The molecule has 6 heteroatoms. The Bertz CT molecular complexity index is 598. The Morgan fingerprint density at radius 2 is 2.10 bits per heavy atom. The van der Waals surface area contributed by atoms with E-state index in [9.17, 15) is 4.79 Å². The summed E-state index contributed by atoms with van der Waals surface area (Å²) in [4.78, 5) is 11.5. The Morgan fingerprint density at radius 1 is 1.29 bits per heavy atom. The number of aromatic nitrogens is 2. The number of halogens is 1. The SMILES string of the molecule is CCCCCC(=O)OCc1nnc(-c2ccccc2Cl)o1. The molecule has 0 bridgehead atoms. The van der Waals surface area contributed by atoms with E-state index in [1.807, 2.05) is 12.1 Å². The van der Waals surface area contributed by atoms with Crippen molar-refractivity contribution < 1.29 is 13.9 Å². The molecule has 0 N–H and O–H groups in total. The molecule has 0 saturated carbocycles. The van der Waals surface area contributed by atoms with Gasteiger partial charge in [0.25, 0.3) is 5.89 Å². The van der Waals surface area contributed by atoms with Crippen molar-refractivity contribution in [3.05, 3.63) is 35.2 Å². The summed E-state index contributed by atoms with van der Waals surface area (Å²) in [7, 11) is 0. The van der Waals surface area contributed by atoms with E-state index in [0.717, 1.165) is 19.3 Å². The normalized spacial score (nSPS) is 10.6. The minimum atomic E-state index is -0.249. The standard InChI is InChI=1S/C15H17ClN2O3/c1-2-3-4-9-14(19)20-10-13-17-18-15(21-13)11-7-5-6-8-12(11)16/h5-8H,2-4,9-10H2,1H3. The van der Waals surface area contributed by atoms with Crippen molar-refractivity contribution in [1.29, 1.82) is 0 Å². The maximum atomic E-state index is 11.5. The second-order valence-corrected chi connectivity index (χ2v) is 5.01. The number of nitrogens with zero attached hydrogens (tertiary/aromatic N) is 2. The van der Waals surface area contributed by atoms with Gasteiger partial charge in [0.1, 0.15) is 0 Å². The molecule has 0 spiro atoms. The van der Waals surface area contributed by atoms with Crippen LogP contribution in [0.3, 0.4) is 0 Å². The Morgan fingerprint density at radius 3 is 2.86 bits per heavy atom. The molecule has 0 amide bonds. The Balaban J connectivity index is 1.89. The summed E-state index contributed by atoms with van der Waals surface area (Å²) in [6, 6.07) is 7.19. The first-order valence-corrected chi connectivity index (χ1v) is 7.31. The molecule has 1 aromatic carbocycles. The fraction of sp³-hybridized carbons (Fsp3) is 0.400. The molecule has 2 rings (SSSR count). The lowest BCUT2D eigenvalue weighted by Gasteiger charge is -2.01. The summed E-state index contributed by atoms with van der Waals surface area (Å²) in [5.74, 6) is 0.326. The smallest absolute Gasteiger partial charge is 0.306 e. The van der Waals surface area contributed by atoms with E-state index in [2.05, 4.69) is 17.1 Å². The molecule has 0 radical (unpaired) electrons. The molecule has 1 aromatic heterocycles. The van der Waals surface area contributed by atoms with Crippen molar-refractivity contribution in [3.63, 3.8) is 0 Å². The van der Waals surface area contributed by atoms with Gasteiger partial charge in [-0.25, -0.2) is 0 Å². The second kappa shape index (κ2) is 7.78. The lowest BCUT2D eigenvalue weighted by atomic mass is 10.2. The molecule has 0 aliphatic heterocycles. The van der Waals surface area contributed by atoms with Crippen molar-refractivity contribution in [2.24, 2.45) is 0 Å². The van der Waals surface area contributed by atoms with Crippen molar-refractivity contribution >= 4 is 17.6 Å². The molecule has 0 atom stereocenters. The van der Waals surface area contributed by atoms with Crippen LogP contribution in [0.25, 0.3) is 11.5 Å². The molecule has 0 unspecified atom stereocenters. The van der Waals surface area contributed by atoms with Crippen molar-refractivity contribution in [3.8, 4) is 11.5 Å². The van der Waals surface area contributed by atoms with Gasteiger partial charge in [-0.05, 0) is 18.6 Å². The molecule has 2 aromatic rings. The number of hydrogen-bond donors (Lipinski definition) is 0. The van der Waals surface area contributed by atoms with E-state index in [-0.39, 0.29) is 18.5 Å². The van der Waals surface area contributed by atoms with Crippen LogP contribution in [0.2, 0.25) is 5.02 Å². The van der Waals surface area contributed by atoms with Gasteiger partial charge in [-0.1, -0.05) is 43.5 Å². The molecule has 112 valence electrons. The number of unbranched alkanes of at least 4 members (excludes halogenated alkanes) is 2. The predicted octanol–water partition coefficient (Wildman–Crippen LogP) is 4.01. The highest BCUT2D eigenvalue weighted by Gasteiger charge is 2.12. The minimum absolute atomic E-state index is 0.0115. The average molecular weight is 309 g/mol. The molecular weight excluding hydrogens is 292 g/mol. The van der Waals surface area contributed by atoms with Gasteiger partial charge in [0, 0.05) is 6.42 Å². The first kappa shape index (κ1) is 15.5. The zero-order valence-corrected chi connectivity index (χ0v) is 12.6. The Hall–Kier alpha value is -1.88. The lowest BCUT2D eigenvalue weighted by molar-refractivity contribution is -0.145. The van der Waals surface area contributed by atoms with E-state index in [1.54, 1.807) is 12.1 Å². The maximum Gasteiger partial charge on any atom is 0.306 e. The van der Waals surface area contributed by atoms with Crippen molar-refractivity contribution in [2.45, 2.75) is 39.2 Å². The largest absolute Gasteiger partial charge is 0.456 e. The zero-order valence-electron chi connectivity index (χ0n) is 11.8. The second-order valence-electron chi connectivity index (χ2n) is 4.60. The van der Waals surface area contributed by atoms with E-state index < -0.39 is 0 Å². The van der Waals surface area contributed by atoms with Gasteiger partial charge in [0.2, 0.25) is 5.89 Å². The number of carbonyl (C=O) groups is 1. The van der Waals surface area contributed by atoms with Crippen LogP contribution in [0.15, 0.2) is 28.7 Å². The van der Waals surface area contributed by atoms with Gasteiger partial charge in [0.05, 0.1) is 10.6 Å². The molecule has 1 heterocycles. The number of benzene rings is 1. The Labute approximate surface area is 128 Å². The average Bonchev–Trinajstić information content (AvgIpc) is 2.94. The van der Waals surface area contributed by atoms with Crippen LogP contribution in [0.5, 0.6) is 0 Å². The summed E-state index contributed by atoms with van der Waals surface area (Å²) < 4.78 is 10.5. The third-order valence-electron chi connectivity index (χ3n) is 2.91. The van der Waals surface area contributed by atoms with Gasteiger partial charge >= 0.3 is 5.97 Å². The molecule has 5 nitrogen and oxygen atoms in total. The minimum Gasteiger partial charge on any atom is -0.456 e. The molecule has 0 fully saturated rings. The highest BCUT2D eigenvalue weighted by atomic mass is 35.5. The fourth-order valence-electron chi connectivity index (χ4n) is 1.79. The van der Waals surface area contributed by atoms with Crippen LogP contribution < -0.4 is 0 Å². The highest BCUT2D eigenvalue weighted by molar-refractivity contribution is 6.33. The zero-order chi connectivity index (χ0) is 15.1. The predicted molar refractivity (Wildman–Crippen MR) is 78.7 cm³/mol. The molecule has 0 aliphatic rings. The first-order chi connectivity index (χ1) is 10.2. The Kier molecular flexibility index (Phi) is 5.75. The van der Waals surface area contributed by atoms with E-state index >= 15 is 0 Å². The van der Waals surface area contributed by atoms with Crippen LogP contribution in [-0.2, 0) is 16.1 Å². The maximum absolute atomic E-state index is 11.5. The quantitative estimate of drug-likeness (QED) is 0.571. The van der Waals surface area contributed by atoms with Crippen LogP contribution >= 0.6 is 11.6 Å². The fourth-order valence-corrected chi connectivity index (χ4v) is 2.01. The third kappa shape index (κ3) is 4.56. The van der Waals surface area contributed by atoms with Crippen LogP contribution in [0.4, 0.5) is 0 Å². The monoisotopic (exact) mass is 308 g/mol. The first-order valence-electron chi connectivity index (χ1n) is 6.93. The summed E-state index contributed by atoms with van der Waals surface area (Å²) in [5.41, 5.74) is 0.659. The van der Waals surface area contributed by atoms with Gasteiger partial charge in [0.15, 0.2) is 6.61 Å². The van der Waals surface area contributed by atoms with Crippen LogP contribution in [0.1, 0.15) is 38.5 Å².